The van der Waals surface area contributed by atoms with Crippen LogP contribution < -0.4 is 0 Å². The molecule has 0 unspecified atom stereocenters. The number of aryl methyl sites for hydroxylation is 2. The summed E-state index contributed by atoms with van der Waals surface area (Å²) in [5.74, 6) is -18.9. The van der Waals surface area contributed by atoms with Gasteiger partial charge >= 0.3 is 23.9 Å². The molecular formula is C29H37Br2F9S2. The Bertz CT molecular complexity index is 1080. The van der Waals surface area contributed by atoms with Crippen molar-refractivity contribution in [3.8, 4) is 9.75 Å². The lowest BCUT2D eigenvalue weighted by molar-refractivity contribution is -0.396. The van der Waals surface area contributed by atoms with Crippen LogP contribution >= 0.6 is 54.5 Å². The van der Waals surface area contributed by atoms with Gasteiger partial charge in [-0.05, 0) is 87.2 Å². The SMILES string of the molecule is CCCCCCCCCCCCc1cc(-c2sc(Br)cc2CCCCCC(F)(F)C(F)(F)C(F)(F)C(F)(F)F)sc1Br. The smallest absolute Gasteiger partial charge is 0.200 e. The Kier molecular flexibility index (Phi) is 15.2. The van der Waals surface area contributed by atoms with E-state index in [2.05, 4.69) is 44.8 Å². The summed E-state index contributed by atoms with van der Waals surface area (Å²) in [6, 6.07) is 4.02. The van der Waals surface area contributed by atoms with Gasteiger partial charge < -0.3 is 0 Å². The maximum absolute atomic E-state index is 13.8. The predicted octanol–water partition coefficient (Wildman–Crippen LogP) is 14.0. The van der Waals surface area contributed by atoms with E-state index in [1.165, 1.54) is 74.7 Å². The molecule has 2 heterocycles. The first-order valence-corrected chi connectivity index (χ1v) is 17.5. The highest BCUT2D eigenvalue weighted by Gasteiger charge is 2.81. The third kappa shape index (κ3) is 10.4. The summed E-state index contributed by atoms with van der Waals surface area (Å²) in [6.07, 6.45) is 4.98. The van der Waals surface area contributed by atoms with Gasteiger partial charge in [0, 0.05) is 16.2 Å². The van der Waals surface area contributed by atoms with Crippen molar-refractivity contribution in [1.29, 1.82) is 0 Å². The molecule has 0 nitrogen and oxygen atoms in total. The van der Waals surface area contributed by atoms with E-state index in [1.54, 1.807) is 11.3 Å². The molecule has 0 saturated heterocycles. The molecule has 0 aromatic carbocycles. The van der Waals surface area contributed by atoms with Crippen molar-refractivity contribution in [2.45, 2.75) is 134 Å². The molecule has 0 radical (unpaired) electrons. The van der Waals surface area contributed by atoms with Crippen LogP contribution in [0.15, 0.2) is 19.7 Å². The molecule has 0 fully saturated rings. The molecule has 0 saturated carbocycles. The number of rotatable bonds is 20. The fourth-order valence-corrected chi connectivity index (χ4v) is 8.29. The van der Waals surface area contributed by atoms with Gasteiger partial charge in [-0.25, -0.2) is 0 Å². The summed E-state index contributed by atoms with van der Waals surface area (Å²) in [4.78, 5) is 2.03. The average molecular weight is 781 g/mol. The number of thiophene rings is 2. The molecule has 0 N–H and O–H groups in total. The lowest BCUT2D eigenvalue weighted by atomic mass is 9.97. The second-order valence-electron chi connectivity index (χ2n) is 10.7. The van der Waals surface area contributed by atoms with Gasteiger partial charge in [-0.3, -0.25) is 0 Å². The van der Waals surface area contributed by atoms with Crippen LogP contribution in [-0.4, -0.2) is 23.9 Å². The van der Waals surface area contributed by atoms with Gasteiger partial charge in [0.15, 0.2) is 0 Å². The predicted molar refractivity (Wildman–Crippen MR) is 162 cm³/mol. The van der Waals surface area contributed by atoms with E-state index in [4.69, 9.17) is 0 Å². The molecule has 2 aromatic heterocycles. The van der Waals surface area contributed by atoms with E-state index in [-0.39, 0.29) is 12.8 Å². The number of hydrogen-bond acceptors (Lipinski definition) is 2. The van der Waals surface area contributed by atoms with Crippen LogP contribution in [0.1, 0.15) is 108 Å². The van der Waals surface area contributed by atoms with Gasteiger partial charge in [-0.1, -0.05) is 71.1 Å². The number of unbranched alkanes of at least 4 members (excludes halogenated alkanes) is 11. The Balaban J connectivity index is 1.84. The third-order valence-corrected chi connectivity index (χ3v) is 11.0. The summed E-state index contributed by atoms with van der Waals surface area (Å²) in [6.45, 7) is 2.22. The molecule has 0 aliphatic heterocycles. The largest absolute Gasteiger partial charge is 0.460 e. The van der Waals surface area contributed by atoms with Gasteiger partial charge in [0.2, 0.25) is 0 Å². The number of hydrogen-bond donors (Lipinski definition) is 0. The second kappa shape index (κ2) is 16.9. The van der Waals surface area contributed by atoms with E-state index in [1.807, 2.05) is 6.07 Å². The molecular weight excluding hydrogens is 743 g/mol. The van der Waals surface area contributed by atoms with Crippen LogP contribution in [0, 0.1) is 0 Å². The van der Waals surface area contributed by atoms with E-state index in [0.29, 0.717) is 6.42 Å². The average Bonchev–Trinajstić information content (AvgIpc) is 3.45. The van der Waals surface area contributed by atoms with Crippen molar-refractivity contribution in [1.82, 2.24) is 0 Å². The standard InChI is InChI=1S/C29H37Br2F9S2/c1-2-3-4-5-6-7-8-9-10-12-16-21-18-22(41-25(21)31)24-20(19-23(30)42-24)15-13-11-14-17-26(32,33)27(34,35)28(36,37)29(38,39)40/h18-19H,2-17H2,1H3. The van der Waals surface area contributed by atoms with Gasteiger partial charge in [0.1, 0.15) is 0 Å². The van der Waals surface area contributed by atoms with Gasteiger partial charge in [0.25, 0.3) is 0 Å². The molecule has 0 aliphatic carbocycles. The molecule has 242 valence electrons. The van der Waals surface area contributed by atoms with Gasteiger partial charge in [-0.15, -0.1) is 22.7 Å². The Hall–Kier alpha value is -0.270. The molecule has 0 atom stereocenters. The first-order valence-electron chi connectivity index (χ1n) is 14.3. The minimum absolute atomic E-state index is 0.0334. The second-order valence-corrected chi connectivity index (χ2v) is 15.5. The van der Waals surface area contributed by atoms with Crippen molar-refractivity contribution in [3.63, 3.8) is 0 Å². The zero-order valence-corrected chi connectivity index (χ0v) is 28.2. The van der Waals surface area contributed by atoms with Gasteiger partial charge in [0.05, 0.1) is 7.57 Å². The fourth-order valence-electron chi connectivity index (χ4n) is 4.68. The van der Waals surface area contributed by atoms with Crippen LogP contribution in [-0.2, 0) is 12.8 Å². The molecule has 0 bridgehead atoms. The van der Waals surface area contributed by atoms with Crippen molar-refractivity contribution in [3.05, 3.63) is 30.8 Å². The summed E-state index contributed by atoms with van der Waals surface area (Å²) in [5, 5.41) is 0. The number of halogens is 11. The van der Waals surface area contributed by atoms with Crippen LogP contribution in [0.3, 0.4) is 0 Å². The van der Waals surface area contributed by atoms with Crippen LogP contribution in [0.25, 0.3) is 9.75 Å². The molecule has 2 rings (SSSR count). The van der Waals surface area contributed by atoms with E-state index in [9.17, 15) is 39.5 Å². The molecule has 0 aliphatic rings. The lowest BCUT2D eigenvalue weighted by Crippen LogP contribution is -2.60. The van der Waals surface area contributed by atoms with Crippen LogP contribution in [0.2, 0.25) is 0 Å². The maximum atomic E-state index is 13.8. The zero-order chi connectivity index (χ0) is 31.6. The summed E-state index contributed by atoms with van der Waals surface area (Å²) >= 11 is 10.2. The van der Waals surface area contributed by atoms with E-state index in [0.717, 1.165) is 35.7 Å². The highest BCUT2D eigenvalue weighted by molar-refractivity contribution is 9.11. The minimum Gasteiger partial charge on any atom is -0.200 e. The monoisotopic (exact) mass is 778 g/mol. The lowest BCUT2D eigenvalue weighted by Gasteiger charge is -2.33. The van der Waals surface area contributed by atoms with Crippen molar-refractivity contribution in [2.24, 2.45) is 0 Å². The summed E-state index contributed by atoms with van der Waals surface area (Å²) in [5.41, 5.74) is 2.13. The molecule has 0 amide bonds. The molecule has 42 heavy (non-hydrogen) atoms. The fraction of sp³-hybridized carbons (Fsp3) is 0.724. The molecule has 0 spiro atoms. The van der Waals surface area contributed by atoms with Crippen molar-refractivity contribution >= 4 is 54.5 Å². The number of alkyl halides is 9. The van der Waals surface area contributed by atoms with E-state index >= 15 is 0 Å². The zero-order valence-electron chi connectivity index (χ0n) is 23.4. The Labute approximate surface area is 267 Å². The topological polar surface area (TPSA) is 0 Å². The van der Waals surface area contributed by atoms with Crippen molar-refractivity contribution < 1.29 is 39.5 Å². The maximum Gasteiger partial charge on any atom is 0.460 e. The molecule has 2 aromatic rings. The Morgan fingerprint density at radius 2 is 1.10 bits per heavy atom. The Morgan fingerprint density at radius 1 is 0.595 bits per heavy atom. The molecule has 13 heteroatoms. The van der Waals surface area contributed by atoms with Crippen molar-refractivity contribution in [2.75, 3.05) is 0 Å². The summed E-state index contributed by atoms with van der Waals surface area (Å²) in [7, 11) is 0. The Morgan fingerprint density at radius 3 is 1.64 bits per heavy atom. The highest BCUT2D eigenvalue weighted by Crippen LogP contribution is 2.54. The first kappa shape index (κ1) is 37.9. The minimum atomic E-state index is -6.83. The van der Waals surface area contributed by atoms with Crippen LogP contribution in [0.4, 0.5) is 39.5 Å². The first-order chi connectivity index (χ1) is 19.5. The third-order valence-electron chi connectivity index (χ3n) is 7.21. The summed E-state index contributed by atoms with van der Waals surface area (Å²) < 4.78 is 119. The van der Waals surface area contributed by atoms with Gasteiger partial charge in [-0.2, -0.15) is 39.5 Å². The van der Waals surface area contributed by atoms with Crippen LogP contribution in [0.5, 0.6) is 0 Å². The normalized spacial score (nSPS) is 13.3. The van der Waals surface area contributed by atoms with E-state index < -0.39 is 36.8 Å². The quantitative estimate of drug-likeness (QED) is 0.0927. The highest BCUT2D eigenvalue weighted by atomic mass is 79.9.